The van der Waals surface area contributed by atoms with Gasteiger partial charge < -0.3 is 10.2 Å². The molecule has 0 bridgehead atoms. The first-order valence-electron chi connectivity index (χ1n) is 10.8. The third-order valence-corrected chi connectivity index (χ3v) is 6.24. The molecule has 1 aliphatic carbocycles. The van der Waals surface area contributed by atoms with Gasteiger partial charge in [-0.1, -0.05) is 67.3 Å². The van der Waals surface area contributed by atoms with Crippen molar-refractivity contribution in [3.05, 3.63) is 70.2 Å². The van der Waals surface area contributed by atoms with Gasteiger partial charge in [0, 0.05) is 17.6 Å². The Bertz CT molecular complexity index is 860. The van der Waals surface area contributed by atoms with Crippen LogP contribution in [0.1, 0.15) is 55.7 Å². The van der Waals surface area contributed by atoms with E-state index >= 15 is 0 Å². The van der Waals surface area contributed by atoms with Gasteiger partial charge in [0.05, 0.1) is 6.42 Å². The van der Waals surface area contributed by atoms with Crippen LogP contribution >= 0.6 is 11.6 Å². The summed E-state index contributed by atoms with van der Waals surface area (Å²) >= 11 is 5.97. The fraction of sp³-hybridized carbons (Fsp3) is 0.440. The van der Waals surface area contributed by atoms with Crippen LogP contribution in [-0.4, -0.2) is 28.8 Å². The van der Waals surface area contributed by atoms with E-state index < -0.39 is 6.04 Å². The van der Waals surface area contributed by atoms with E-state index in [2.05, 4.69) is 5.32 Å². The average Bonchev–Trinajstić information content (AvgIpc) is 2.75. The second kappa shape index (κ2) is 10.6. The van der Waals surface area contributed by atoms with Crippen molar-refractivity contribution in [2.24, 2.45) is 0 Å². The van der Waals surface area contributed by atoms with Crippen molar-refractivity contribution in [1.82, 2.24) is 10.2 Å². The summed E-state index contributed by atoms with van der Waals surface area (Å²) in [6.45, 7) is 4.28. The molecular formula is C25H31ClN2O2. The van der Waals surface area contributed by atoms with Crippen molar-refractivity contribution in [2.75, 3.05) is 0 Å². The second-order valence-corrected chi connectivity index (χ2v) is 8.71. The molecule has 0 aromatic heterocycles. The molecule has 1 atom stereocenters. The molecule has 4 nitrogen and oxygen atoms in total. The van der Waals surface area contributed by atoms with Crippen LogP contribution < -0.4 is 5.32 Å². The highest BCUT2D eigenvalue weighted by Gasteiger charge is 2.28. The number of carbonyl (C=O) groups excluding carboxylic acids is 2. The van der Waals surface area contributed by atoms with E-state index in [-0.39, 0.29) is 24.3 Å². The highest BCUT2D eigenvalue weighted by molar-refractivity contribution is 6.30. The summed E-state index contributed by atoms with van der Waals surface area (Å²) in [4.78, 5) is 28.0. The van der Waals surface area contributed by atoms with Gasteiger partial charge in [0.1, 0.15) is 6.04 Å². The lowest BCUT2D eigenvalue weighted by molar-refractivity contribution is -0.140. The van der Waals surface area contributed by atoms with Crippen molar-refractivity contribution in [3.8, 4) is 0 Å². The molecule has 0 radical (unpaired) electrons. The van der Waals surface area contributed by atoms with E-state index in [1.165, 1.54) is 6.42 Å². The second-order valence-electron chi connectivity index (χ2n) is 8.27. The number of halogens is 1. The fourth-order valence-electron chi connectivity index (χ4n) is 4.00. The Morgan fingerprint density at radius 2 is 1.73 bits per heavy atom. The van der Waals surface area contributed by atoms with E-state index in [9.17, 15) is 9.59 Å². The van der Waals surface area contributed by atoms with Crippen LogP contribution in [0.3, 0.4) is 0 Å². The maximum atomic E-state index is 13.3. The van der Waals surface area contributed by atoms with Crippen molar-refractivity contribution < 1.29 is 9.59 Å². The fourth-order valence-corrected chi connectivity index (χ4v) is 4.13. The molecule has 5 heteroatoms. The number of hydrogen-bond donors (Lipinski definition) is 1. The smallest absolute Gasteiger partial charge is 0.242 e. The first-order chi connectivity index (χ1) is 14.4. The van der Waals surface area contributed by atoms with Crippen LogP contribution in [0.15, 0.2) is 48.5 Å². The lowest BCUT2D eigenvalue weighted by atomic mass is 9.95. The molecule has 1 saturated carbocycles. The molecule has 2 aromatic rings. The third kappa shape index (κ3) is 6.09. The van der Waals surface area contributed by atoms with Gasteiger partial charge in [-0.15, -0.1) is 0 Å². The molecule has 0 spiro atoms. The minimum absolute atomic E-state index is 0.0631. The summed E-state index contributed by atoms with van der Waals surface area (Å²) in [5, 5.41) is 3.82. The van der Waals surface area contributed by atoms with E-state index in [0.717, 1.165) is 42.4 Å². The van der Waals surface area contributed by atoms with E-state index in [1.807, 2.05) is 50.2 Å². The first-order valence-corrected chi connectivity index (χ1v) is 11.2. The summed E-state index contributed by atoms with van der Waals surface area (Å²) in [5.41, 5.74) is 3.06. The van der Waals surface area contributed by atoms with Crippen molar-refractivity contribution in [3.63, 3.8) is 0 Å². The van der Waals surface area contributed by atoms with Crippen molar-refractivity contribution in [1.29, 1.82) is 0 Å². The molecule has 0 aliphatic heterocycles. The van der Waals surface area contributed by atoms with E-state index in [0.29, 0.717) is 11.6 Å². The van der Waals surface area contributed by atoms with Gasteiger partial charge in [-0.25, -0.2) is 0 Å². The standard InChI is InChI=1S/C25H31ClN2O2/c1-18-8-6-7-9-21(18)17-28(24(29)16-20-12-14-22(26)15-13-20)19(2)25(30)27-23-10-4-3-5-11-23/h6-9,12-15,19,23H,3-5,10-11,16-17H2,1-2H3,(H,27,30)/t19-/m1/s1. The Labute approximate surface area is 184 Å². The van der Waals surface area contributed by atoms with Gasteiger partial charge in [-0.2, -0.15) is 0 Å². The van der Waals surface area contributed by atoms with Crippen LogP contribution in [0.2, 0.25) is 5.02 Å². The highest BCUT2D eigenvalue weighted by Crippen LogP contribution is 2.19. The van der Waals surface area contributed by atoms with Gasteiger partial charge in [0.2, 0.25) is 11.8 Å². The predicted molar refractivity (Wildman–Crippen MR) is 121 cm³/mol. The van der Waals surface area contributed by atoms with Gasteiger partial charge in [-0.05, 0) is 55.5 Å². The monoisotopic (exact) mass is 426 g/mol. The van der Waals surface area contributed by atoms with Crippen molar-refractivity contribution >= 4 is 23.4 Å². The third-order valence-electron chi connectivity index (χ3n) is 5.99. The van der Waals surface area contributed by atoms with Crippen LogP contribution in [0, 0.1) is 6.92 Å². The molecule has 1 fully saturated rings. The number of nitrogens with one attached hydrogen (secondary N) is 1. The van der Waals surface area contributed by atoms with Crippen LogP contribution in [0.25, 0.3) is 0 Å². The minimum Gasteiger partial charge on any atom is -0.352 e. The van der Waals surface area contributed by atoms with Crippen LogP contribution in [0.4, 0.5) is 0 Å². The quantitative estimate of drug-likeness (QED) is 0.672. The molecule has 2 aromatic carbocycles. The van der Waals surface area contributed by atoms with Gasteiger partial charge in [0.25, 0.3) is 0 Å². The van der Waals surface area contributed by atoms with Gasteiger partial charge >= 0.3 is 0 Å². The zero-order valence-electron chi connectivity index (χ0n) is 17.9. The summed E-state index contributed by atoms with van der Waals surface area (Å²) in [6.07, 6.45) is 5.83. The Hall–Kier alpha value is -2.33. The predicted octanol–water partition coefficient (Wildman–Crippen LogP) is 5.06. The number of nitrogens with zero attached hydrogens (tertiary/aromatic N) is 1. The number of rotatable bonds is 7. The molecule has 1 aliphatic rings. The SMILES string of the molecule is Cc1ccccc1CN(C(=O)Cc1ccc(Cl)cc1)[C@H](C)C(=O)NC1CCCCC1. The summed E-state index contributed by atoms with van der Waals surface area (Å²) in [7, 11) is 0. The Kier molecular flexibility index (Phi) is 7.92. The zero-order chi connectivity index (χ0) is 21.5. The lowest BCUT2D eigenvalue weighted by Gasteiger charge is -2.31. The number of hydrogen-bond acceptors (Lipinski definition) is 2. The van der Waals surface area contributed by atoms with Gasteiger partial charge in [0.15, 0.2) is 0 Å². The maximum absolute atomic E-state index is 13.3. The maximum Gasteiger partial charge on any atom is 0.242 e. The largest absolute Gasteiger partial charge is 0.352 e. The topological polar surface area (TPSA) is 49.4 Å². The molecule has 0 unspecified atom stereocenters. The molecule has 160 valence electrons. The van der Waals surface area contributed by atoms with Crippen LogP contribution in [-0.2, 0) is 22.6 Å². The van der Waals surface area contributed by atoms with E-state index in [1.54, 1.807) is 17.0 Å². The Morgan fingerprint density at radius 1 is 1.07 bits per heavy atom. The normalized spacial score (nSPS) is 15.4. The van der Waals surface area contributed by atoms with E-state index in [4.69, 9.17) is 11.6 Å². The first kappa shape index (κ1) is 22.4. The molecule has 30 heavy (non-hydrogen) atoms. The average molecular weight is 427 g/mol. The lowest BCUT2D eigenvalue weighted by Crippen LogP contribution is -2.50. The summed E-state index contributed by atoms with van der Waals surface area (Å²) in [6, 6.07) is 15.0. The molecule has 1 N–H and O–H groups in total. The van der Waals surface area contributed by atoms with Crippen LogP contribution in [0.5, 0.6) is 0 Å². The molecule has 0 heterocycles. The molecule has 0 saturated heterocycles. The minimum atomic E-state index is -0.536. The highest BCUT2D eigenvalue weighted by atomic mass is 35.5. The summed E-state index contributed by atoms with van der Waals surface area (Å²) < 4.78 is 0. The zero-order valence-corrected chi connectivity index (χ0v) is 18.6. The summed E-state index contributed by atoms with van der Waals surface area (Å²) in [5.74, 6) is -0.133. The van der Waals surface area contributed by atoms with Crippen molar-refractivity contribution in [2.45, 2.75) is 71.0 Å². The van der Waals surface area contributed by atoms with Gasteiger partial charge in [-0.3, -0.25) is 9.59 Å². The Morgan fingerprint density at radius 3 is 2.40 bits per heavy atom. The number of carbonyl (C=O) groups is 2. The molecule has 3 rings (SSSR count). The number of benzene rings is 2. The molecule has 2 amide bonds. The molecular weight excluding hydrogens is 396 g/mol. The Balaban J connectivity index is 1.76. The number of aryl methyl sites for hydroxylation is 1. The number of amides is 2.